The highest BCUT2D eigenvalue weighted by atomic mass is 19.4. The second-order valence-corrected chi connectivity index (χ2v) is 5.25. The first-order chi connectivity index (χ1) is 10.4. The molecule has 4 nitrogen and oxygen atoms in total. The molecule has 0 saturated heterocycles. The lowest BCUT2D eigenvalue weighted by molar-refractivity contribution is -0.175. The third kappa shape index (κ3) is 6.34. The Morgan fingerprint density at radius 3 is 2.68 bits per heavy atom. The van der Waals surface area contributed by atoms with Gasteiger partial charge in [-0.1, -0.05) is 18.2 Å². The van der Waals surface area contributed by atoms with E-state index in [2.05, 4.69) is 10.1 Å². The molecule has 1 fully saturated rings. The lowest BCUT2D eigenvalue weighted by atomic mass is 10.2. The minimum absolute atomic E-state index is 0.190. The molecule has 0 atom stereocenters. The van der Waals surface area contributed by atoms with Crippen LogP contribution in [0, 0.1) is 5.92 Å². The number of para-hydroxylation sites is 1. The molecule has 0 bridgehead atoms. The molecule has 1 saturated carbocycles. The maximum absolute atomic E-state index is 11.9. The SMILES string of the molecule is O=C(COCC(F)(F)F)NCc1ccccc1OCC1CC1. The van der Waals surface area contributed by atoms with Crippen LogP contribution < -0.4 is 10.1 Å². The van der Waals surface area contributed by atoms with Crippen LogP contribution >= 0.6 is 0 Å². The number of carbonyl (C=O) groups is 1. The maximum atomic E-state index is 11.9. The molecule has 1 aromatic rings. The summed E-state index contributed by atoms with van der Waals surface area (Å²) in [6.07, 6.45) is -2.07. The summed E-state index contributed by atoms with van der Waals surface area (Å²) in [4.78, 5) is 11.4. The number of hydrogen-bond acceptors (Lipinski definition) is 3. The van der Waals surface area contributed by atoms with E-state index in [-0.39, 0.29) is 6.54 Å². The van der Waals surface area contributed by atoms with Gasteiger partial charge in [0.25, 0.3) is 0 Å². The van der Waals surface area contributed by atoms with Gasteiger partial charge in [-0.25, -0.2) is 0 Å². The summed E-state index contributed by atoms with van der Waals surface area (Å²) in [5.74, 6) is 0.700. The number of rotatable bonds is 8. The first-order valence-electron chi connectivity index (χ1n) is 7.06. The Kier molecular flexibility index (Phi) is 5.65. The zero-order valence-electron chi connectivity index (χ0n) is 12.0. The van der Waals surface area contributed by atoms with Crippen LogP contribution in [0.4, 0.5) is 13.2 Å². The largest absolute Gasteiger partial charge is 0.493 e. The van der Waals surface area contributed by atoms with Gasteiger partial charge in [0.2, 0.25) is 5.91 Å². The normalized spacial score (nSPS) is 14.7. The standard InChI is InChI=1S/C15H18F3NO3/c16-15(17,18)10-21-9-14(20)19-7-12-3-1-2-4-13(12)22-8-11-5-6-11/h1-4,11H,5-10H2,(H,19,20). The van der Waals surface area contributed by atoms with E-state index in [0.717, 1.165) is 5.56 Å². The Balaban J connectivity index is 1.74. The van der Waals surface area contributed by atoms with Crippen LogP contribution in [-0.4, -0.2) is 31.9 Å². The molecular formula is C15H18F3NO3. The predicted molar refractivity (Wildman–Crippen MR) is 73.4 cm³/mol. The van der Waals surface area contributed by atoms with Crippen molar-refractivity contribution in [2.24, 2.45) is 5.92 Å². The summed E-state index contributed by atoms with van der Waals surface area (Å²) in [6, 6.07) is 7.26. The van der Waals surface area contributed by atoms with Crippen molar-refractivity contribution in [3.8, 4) is 5.75 Å². The van der Waals surface area contributed by atoms with Crippen molar-refractivity contribution in [3.63, 3.8) is 0 Å². The summed E-state index contributed by atoms with van der Waals surface area (Å²) in [5, 5.41) is 2.52. The van der Waals surface area contributed by atoms with Gasteiger partial charge in [-0.3, -0.25) is 4.79 Å². The molecule has 1 N–H and O–H groups in total. The molecule has 1 aliphatic rings. The lowest BCUT2D eigenvalue weighted by Gasteiger charge is -2.12. The molecule has 0 aromatic heterocycles. The number of alkyl halides is 3. The molecule has 1 amide bonds. The number of hydrogen-bond donors (Lipinski definition) is 1. The van der Waals surface area contributed by atoms with Crippen molar-refractivity contribution in [1.82, 2.24) is 5.32 Å². The van der Waals surface area contributed by atoms with Crippen LogP contribution in [0.2, 0.25) is 0 Å². The van der Waals surface area contributed by atoms with Crippen LogP contribution in [0.25, 0.3) is 0 Å². The van der Waals surface area contributed by atoms with Gasteiger partial charge in [0.1, 0.15) is 19.0 Å². The quantitative estimate of drug-likeness (QED) is 0.802. The molecule has 122 valence electrons. The van der Waals surface area contributed by atoms with E-state index in [4.69, 9.17) is 4.74 Å². The predicted octanol–water partition coefficient (Wildman–Crippen LogP) is 2.67. The van der Waals surface area contributed by atoms with E-state index in [1.165, 1.54) is 12.8 Å². The van der Waals surface area contributed by atoms with Crippen molar-refractivity contribution in [3.05, 3.63) is 29.8 Å². The van der Waals surface area contributed by atoms with Gasteiger partial charge < -0.3 is 14.8 Å². The van der Waals surface area contributed by atoms with Gasteiger partial charge in [-0.15, -0.1) is 0 Å². The average Bonchev–Trinajstić information content (AvgIpc) is 3.26. The smallest absolute Gasteiger partial charge is 0.411 e. The number of amides is 1. The van der Waals surface area contributed by atoms with Crippen molar-refractivity contribution in [2.75, 3.05) is 19.8 Å². The number of nitrogens with one attached hydrogen (secondary N) is 1. The fourth-order valence-electron chi connectivity index (χ4n) is 1.79. The number of halogens is 3. The fourth-order valence-corrected chi connectivity index (χ4v) is 1.79. The van der Waals surface area contributed by atoms with Gasteiger partial charge in [-0.05, 0) is 24.8 Å². The molecule has 7 heteroatoms. The molecule has 1 aliphatic carbocycles. The Morgan fingerprint density at radius 2 is 2.00 bits per heavy atom. The minimum Gasteiger partial charge on any atom is -0.493 e. The highest BCUT2D eigenvalue weighted by Gasteiger charge is 2.27. The summed E-state index contributed by atoms with van der Waals surface area (Å²) < 4.78 is 45.7. The van der Waals surface area contributed by atoms with Crippen LogP contribution in [0.1, 0.15) is 18.4 Å². The van der Waals surface area contributed by atoms with Gasteiger partial charge >= 0.3 is 6.18 Å². The third-order valence-corrected chi connectivity index (χ3v) is 3.12. The summed E-state index contributed by atoms with van der Waals surface area (Å²) in [7, 11) is 0. The van der Waals surface area contributed by atoms with E-state index in [9.17, 15) is 18.0 Å². The van der Waals surface area contributed by atoms with Crippen LogP contribution in [0.15, 0.2) is 24.3 Å². The first-order valence-corrected chi connectivity index (χ1v) is 7.06. The Bertz CT molecular complexity index is 501. The molecule has 1 aromatic carbocycles. The van der Waals surface area contributed by atoms with Crippen LogP contribution in [0.3, 0.4) is 0 Å². The van der Waals surface area contributed by atoms with E-state index in [0.29, 0.717) is 18.3 Å². The number of carbonyl (C=O) groups excluding carboxylic acids is 1. The monoisotopic (exact) mass is 317 g/mol. The molecule has 0 heterocycles. The molecule has 22 heavy (non-hydrogen) atoms. The molecule has 0 spiro atoms. The zero-order chi connectivity index (χ0) is 16.0. The molecule has 0 aliphatic heterocycles. The summed E-state index contributed by atoms with van der Waals surface area (Å²) in [5.41, 5.74) is 0.785. The highest BCUT2D eigenvalue weighted by Crippen LogP contribution is 2.30. The average molecular weight is 317 g/mol. The Hall–Kier alpha value is -1.76. The van der Waals surface area contributed by atoms with Gasteiger partial charge in [0.05, 0.1) is 6.61 Å². The second-order valence-electron chi connectivity index (χ2n) is 5.25. The van der Waals surface area contributed by atoms with Crippen molar-refractivity contribution < 1.29 is 27.4 Å². The van der Waals surface area contributed by atoms with E-state index < -0.39 is 25.3 Å². The van der Waals surface area contributed by atoms with Crippen LogP contribution in [-0.2, 0) is 16.1 Å². The molecule has 0 radical (unpaired) electrons. The highest BCUT2D eigenvalue weighted by molar-refractivity contribution is 5.77. The Labute approximate surface area is 126 Å². The number of ether oxygens (including phenoxy) is 2. The topological polar surface area (TPSA) is 47.6 Å². The van der Waals surface area contributed by atoms with E-state index >= 15 is 0 Å². The third-order valence-electron chi connectivity index (χ3n) is 3.12. The van der Waals surface area contributed by atoms with Crippen molar-refractivity contribution >= 4 is 5.91 Å². The van der Waals surface area contributed by atoms with Gasteiger partial charge in [0.15, 0.2) is 0 Å². The molecule has 0 unspecified atom stereocenters. The van der Waals surface area contributed by atoms with Crippen molar-refractivity contribution in [2.45, 2.75) is 25.6 Å². The van der Waals surface area contributed by atoms with Gasteiger partial charge in [0, 0.05) is 12.1 Å². The first kappa shape index (κ1) is 16.6. The van der Waals surface area contributed by atoms with Gasteiger partial charge in [-0.2, -0.15) is 13.2 Å². The van der Waals surface area contributed by atoms with E-state index in [1.54, 1.807) is 6.07 Å². The second kappa shape index (κ2) is 7.49. The summed E-state index contributed by atoms with van der Waals surface area (Å²) >= 11 is 0. The zero-order valence-corrected chi connectivity index (χ0v) is 12.0. The van der Waals surface area contributed by atoms with E-state index in [1.807, 2.05) is 18.2 Å². The number of benzene rings is 1. The Morgan fingerprint density at radius 1 is 1.27 bits per heavy atom. The molecule has 2 rings (SSSR count). The maximum Gasteiger partial charge on any atom is 0.411 e. The summed E-state index contributed by atoms with van der Waals surface area (Å²) in [6.45, 7) is -1.21. The van der Waals surface area contributed by atoms with Crippen LogP contribution in [0.5, 0.6) is 5.75 Å². The van der Waals surface area contributed by atoms with Crippen molar-refractivity contribution in [1.29, 1.82) is 0 Å². The fraction of sp³-hybridized carbons (Fsp3) is 0.533. The molecular weight excluding hydrogens is 299 g/mol. The minimum atomic E-state index is -4.43. The lowest BCUT2D eigenvalue weighted by Crippen LogP contribution is -2.29.